The lowest BCUT2D eigenvalue weighted by Crippen LogP contribution is -2.00. The predicted octanol–water partition coefficient (Wildman–Crippen LogP) is 3.38. The van der Waals surface area contributed by atoms with Crippen molar-refractivity contribution in [2.75, 3.05) is 19.5 Å². The number of thiophene rings is 1. The third-order valence-corrected chi connectivity index (χ3v) is 3.32. The van der Waals surface area contributed by atoms with Gasteiger partial charge in [0, 0.05) is 17.5 Å². The highest BCUT2D eigenvalue weighted by molar-refractivity contribution is 7.09. The number of nitrogens with one attached hydrogen (secondary N) is 1. The molecule has 0 aliphatic carbocycles. The van der Waals surface area contributed by atoms with Gasteiger partial charge in [-0.25, -0.2) is 0 Å². The summed E-state index contributed by atoms with van der Waals surface area (Å²) >= 11 is 1.74. The van der Waals surface area contributed by atoms with Crippen molar-refractivity contribution in [2.45, 2.75) is 6.54 Å². The summed E-state index contributed by atoms with van der Waals surface area (Å²) in [6, 6.07) is 9.90. The van der Waals surface area contributed by atoms with Crippen LogP contribution in [0, 0.1) is 0 Å². The molecule has 1 aromatic carbocycles. The molecule has 0 bridgehead atoms. The number of rotatable bonds is 5. The molecule has 0 saturated carbocycles. The Morgan fingerprint density at radius 1 is 1.18 bits per heavy atom. The van der Waals surface area contributed by atoms with Gasteiger partial charge in [-0.2, -0.15) is 0 Å². The number of hydrogen-bond donors (Lipinski definition) is 1. The second-order valence-electron chi connectivity index (χ2n) is 3.50. The first kappa shape index (κ1) is 11.8. The monoisotopic (exact) mass is 249 g/mol. The molecule has 90 valence electrons. The van der Waals surface area contributed by atoms with Crippen LogP contribution in [0.15, 0.2) is 35.7 Å². The quantitative estimate of drug-likeness (QED) is 0.881. The third kappa shape index (κ3) is 2.91. The van der Waals surface area contributed by atoms with E-state index in [1.807, 2.05) is 24.3 Å². The van der Waals surface area contributed by atoms with E-state index in [1.54, 1.807) is 25.6 Å². The normalized spacial score (nSPS) is 10.0. The van der Waals surface area contributed by atoms with Crippen LogP contribution in [0.4, 0.5) is 5.69 Å². The summed E-state index contributed by atoms with van der Waals surface area (Å²) in [5.74, 6) is 1.59. The van der Waals surface area contributed by atoms with Crippen molar-refractivity contribution < 1.29 is 9.47 Å². The summed E-state index contributed by atoms with van der Waals surface area (Å²) in [7, 11) is 3.30. The smallest absolute Gasteiger partial charge is 0.145 e. The lowest BCUT2D eigenvalue weighted by atomic mass is 10.2. The summed E-state index contributed by atoms with van der Waals surface area (Å²) in [6.45, 7) is 0.806. The van der Waals surface area contributed by atoms with E-state index >= 15 is 0 Å². The van der Waals surface area contributed by atoms with E-state index in [4.69, 9.17) is 9.47 Å². The Hall–Kier alpha value is -1.68. The van der Waals surface area contributed by atoms with Gasteiger partial charge in [-0.05, 0) is 23.6 Å². The topological polar surface area (TPSA) is 30.5 Å². The Bertz CT molecular complexity index is 468. The van der Waals surface area contributed by atoms with Crippen molar-refractivity contribution >= 4 is 17.0 Å². The lowest BCUT2D eigenvalue weighted by Gasteiger charge is -2.11. The molecule has 1 heterocycles. The van der Waals surface area contributed by atoms with E-state index < -0.39 is 0 Å². The molecule has 2 rings (SSSR count). The zero-order chi connectivity index (χ0) is 12.1. The van der Waals surface area contributed by atoms with Gasteiger partial charge in [-0.15, -0.1) is 11.3 Å². The average Bonchev–Trinajstić information content (AvgIpc) is 2.89. The molecule has 0 unspecified atom stereocenters. The molecule has 3 nitrogen and oxygen atoms in total. The van der Waals surface area contributed by atoms with Gasteiger partial charge >= 0.3 is 0 Å². The maximum Gasteiger partial charge on any atom is 0.145 e. The van der Waals surface area contributed by atoms with Crippen LogP contribution >= 0.6 is 11.3 Å². The Kier molecular flexibility index (Phi) is 3.88. The molecule has 0 aliphatic rings. The molecule has 1 N–H and O–H groups in total. The van der Waals surface area contributed by atoms with Crippen LogP contribution in [0.5, 0.6) is 11.5 Å². The lowest BCUT2D eigenvalue weighted by molar-refractivity contribution is 0.395. The van der Waals surface area contributed by atoms with E-state index in [1.165, 1.54) is 4.88 Å². The Morgan fingerprint density at radius 3 is 2.71 bits per heavy atom. The molecule has 0 fully saturated rings. The summed E-state index contributed by atoms with van der Waals surface area (Å²) in [5, 5.41) is 5.42. The standard InChI is InChI=1S/C13H15NO2S/c1-15-10-5-6-12(13(8-10)16-2)14-9-11-4-3-7-17-11/h3-8,14H,9H2,1-2H3. The fourth-order valence-corrected chi connectivity index (χ4v) is 2.18. The van der Waals surface area contributed by atoms with Crippen LogP contribution in [0.25, 0.3) is 0 Å². The minimum atomic E-state index is 0.793. The molecule has 4 heteroatoms. The first-order valence-electron chi connectivity index (χ1n) is 5.32. The van der Waals surface area contributed by atoms with Crippen LogP contribution in [-0.4, -0.2) is 14.2 Å². The van der Waals surface area contributed by atoms with Crippen molar-refractivity contribution in [3.05, 3.63) is 40.6 Å². The molecule has 17 heavy (non-hydrogen) atoms. The van der Waals surface area contributed by atoms with Gasteiger partial charge in [0.2, 0.25) is 0 Å². The first-order valence-corrected chi connectivity index (χ1v) is 6.19. The van der Waals surface area contributed by atoms with Crippen molar-refractivity contribution in [3.8, 4) is 11.5 Å². The molecule has 2 aromatic rings. The second kappa shape index (κ2) is 5.59. The third-order valence-electron chi connectivity index (χ3n) is 2.44. The molecule has 0 saturated heterocycles. The van der Waals surface area contributed by atoms with Crippen molar-refractivity contribution in [2.24, 2.45) is 0 Å². The van der Waals surface area contributed by atoms with E-state index in [0.717, 1.165) is 23.7 Å². The van der Waals surface area contributed by atoms with Gasteiger partial charge in [0.15, 0.2) is 0 Å². The Labute approximate surface area is 105 Å². The molecule has 1 aromatic heterocycles. The minimum Gasteiger partial charge on any atom is -0.497 e. The van der Waals surface area contributed by atoms with Gasteiger partial charge in [0.25, 0.3) is 0 Å². The maximum atomic E-state index is 5.32. The molecule has 0 aliphatic heterocycles. The highest BCUT2D eigenvalue weighted by atomic mass is 32.1. The SMILES string of the molecule is COc1ccc(NCc2cccs2)c(OC)c1. The van der Waals surface area contributed by atoms with Crippen LogP contribution < -0.4 is 14.8 Å². The molecular formula is C13H15NO2S. The summed E-state index contributed by atoms with van der Waals surface area (Å²) < 4.78 is 10.5. The second-order valence-corrected chi connectivity index (χ2v) is 4.53. The summed E-state index contributed by atoms with van der Waals surface area (Å²) in [5.41, 5.74) is 0.974. The van der Waals surface area contributed by atoms with Gasteiger partial charge in [-0.3, -0.25) is 0 Å². The van der Waals surface area contributed by atoms with Crippen LogP contribution in [0.2, 0.25) is 0 Å². The predicted molar refractivity (Wildman–Crippen MR) is 71.2 cm³/mol. The van der Waals surface area contributed by atoms with Crippen molar-refractivity contribution in [1.82, 2.24) is 0 Å². The van der Waals surface area contributed by atoms with Gasteiger partial charge in [-0.1, -0.05) is 6.07 Å². The Balaban J connectivity index is 2.09. The van der Waals surface area contributed by atoms with Crippen molar-refractivity contribution in [1.29, 1.82) is 0 Å². The van der Waals surface area contributed by atoms with Crippen LogP contribution in [-0.2, 0) is 6.54 Å². The summed E-state index contributed by atoms with van der Waals surface area (Å²) in [4.78, 5) is 1.29. The minimum absolute atomic E-state index is 0.793. The Morgan fingerprint density at radius 2 is 2.06 bits per heavy atom. The van der Waals surface area contributed by atoms with Crippen LogP contribution in [0.3, 0.4) is 0 Å². The van der Waals surface area contributed by atoms with E-state index in [0.29, 0.717) is 0 Å². The molecule has 0 atom stereocenters. The fourth-order valence-electron chi connectivity index (χ4n) is 1.54. The average molecular weight is 249 g/mol. The van der Waals surface area contributed by atoms with Gasteiger partial charge < -0.3 is 14.8 Å². The molecule has 0 radical (unpaired) electrons. The van der Waals surface area contributed by atoms with Crippen LogP contribution in [0.1, 0.15) is 4.88 Å². The number of hydrogen-bond acceptors (Lipinski definition) is 4. The van der Waals surface area contributed by atoms with E-state index in [-0.39, 0.29) is 0 Å². The van der Waals surface area contributed by atoms with E-state index in [2.05, 4.69) is 16.8 Å². The molecular weight excluding hydrogens is 234 g/mol. The number of methoxy groups -OCH3 is 2. The summed E-state index contributed by atoms with van der Waals surface area (Å²) in [6.07, 6.45) is 0. The highest BCUT2D eigenvalue weighted by Gasteiger charge is 2.04. The number of benzene rings is 1. The zero-order valence-electron chi connectivity index (χ0n) is 9.90. The zero-order valence-corrected chi connectivity index (χ0v) is 10.7. The first-order chi connectivity index (χ1) is 8.33. The maximum absolute atomic E-state index is 5.32. The molecule has 0 amide bonds. The molecule has 0 spiro atoms. The van der Waals surface area contributed by atoms with Gasteiger partial charge in [0.1, 0.15) is 11.5 Å². The van der Waals surface area contributed by atoms with E-state index in [9.17, 15) is 0 Å². The number of anilines is 1. The van der Waals surface area contributed by atoms with Gasteiger partial charge in [0.05, 0.1) is 19.9 Å². The highest BCUT2D eigenvalue weighted by Crippen LogP contribution is 2.29. The fraction of sp³-hybridized carbons (Fsp3) is 0.231. The number of ether oxygens (including phenoxy) is 2. The van der Waals surface area contributed by atoms with Crippen molar-refractivity contribution in [3.63, 3.8) is 0 Å². The largest absolute Gasteiger partial charge is 0.497 e.